The van der Waals surface area contributed by atoms with E-state index in [0.717, 1.165) is 4.57 Å². The second-order valence-electron chi connectivity index (χ2n) is 7.22. The lowest BCUT2D eigenvalue weighted by atomic mass is 9.92. The Balaban J connectivity index is 1.94. The summed E-state index contributed by atoms with van der Waals surface area (Å²) in [7, 11) is 2.82. The molecule has 0 aliphatic heterocycles. The lowest BCUT2D eigenvalue weighted by Crippen LogP contribution is -2.37. The SMILES string of the molecule is Cn1c(=O)c2c(nc(Cl)n2CC(=O)Nc2cc(C(C)(C)C)no2)n(C)c1=O. The topological polar surface area (TPSA) is 117 Å². The molecule has 3 aromatic rings. The molecule has 3 rings (SSSR count). The highest BCUT2D eigenvalue weighted by molar-refractivity contribution is 6.29. The predicted octanol–water partition coefficient (Wildman–Crippen LogP) is 1.01. The van der Waals surface area contributed by atoms with Crippen LogP contribution in [-0.4, -0.2) is 29.7 Å². The van der Waals surface area contributed by atoms with E-state index in [1.54, 1.807) is 6.07 Å². The lowest BCUT2D eigenvalue weighted by Gasteiger charge is -2.12. The van der Waals surface area contributed by atoms with Gasteiger partial charge in [0.15, 0.2) is 11.2 Å². The standard InChI is InChI=1S/C16H19ClN6O4/c1-16(2,3)8-6-10(27-20-8)18-9(24)7-23-11-12(19-14(23)17)21(4)15(26)22(5)13(11)25/h6H,7H2,1-5H3,(H,18,24). The second-order valence-corrected chi connectivity index (χ2v) is 7.56. The van der Waals surface area contributed by atoms with E-state index in [9.17, 15) is 14.4 Å². The van der Waals surface area contributed by atoms with Crippen LogP contribution >= 0.6 is 11.6 Å². The molecule has 144 valence electrons. The largest absolute Gasteiger partial charge is 0.338 e. The minimum atomic E-state index is -0.588. The van der Waals surface area contributed by atoms with Crippen molar-refractivity contribution in [3.63, 3.8) is 0 Å². The molecule has 3 aromatic heterocycles. The van der Waals surface area contributed by atoms with Gasteiger partial charge in [-0.1, -0.05) is 25.9 Å². The van der Waals surface area contributed by atoms with E-state index >= 15 is 0 Å². The molecular formula is C16H19ClN6O4. The molecule has 0 radical (unpaired) electrons. The van der Waals surface area contributed by atoms with Crippen molar-refractivity contribution in [3.8, 4) is 0 Å². The molecule has 10 nitrogen and oxygen atoms in total. The summed E-state index contributed by atoms with van der Waals surface area (Å²) in [5, 5.41) is 6.42. The molecule has 1 N–H and O–H groups in total. The zero-order chi connectivity index (χ0) is 20.1. The zero-order valence-electron chi connectivity index (χ0n) is 15.5. The number of carbonyl (C=O) groups excluding carboxylic acids is 1. The fourth-order valence-corrected chi connectivity index (χ4v) is 2.80. The van der Waals surface area contributed by atoms with Crippen LogP contribution in [0.3, 0.4) is 0 Å². The molecule has 0 bridgehead atoms. The van der Waals surface area contributed by atoms with Gasteiger partial charge in [0.25, 0.3) is 5.56 Å². The average molecular weight is 395 g/mol. The van der Waals surface area contributed by atoms with Gasteiger partial charge >= 0.3 is 5.69 Å². The normalized spacial score (nSPS) is 11.9. The zero-order valence-corrected chi connectivity index (χ0v) is 16.3. The number of nitrogens with zero attached hydrogens (tertiary/aromatic N) is 5. The molecule has 0 aliphatic carbocycles. The van der Waals surface area contributed by atoms with Crippen molar-refractivity contribution in [2.75, 3.05) is 5.32 Å². The number of hydrogen-bond donors (Lipinski definition) is 1. The summed E-state index contributed by atoms with van der Waals surface area (Å²) in [6.07, 6.45) is 0. The highest BCUT2D eigenvalue weighted by atomic mass is 35.5. The van der Waals surface area contributed by atoms with E-state index in [0.29, 0.717) is 5.69 Å². The van der Waals surface area contributed by atoms with Crippen molar-refractivity contribution in [3.05, 3.63) is 37.9 Å². The number of hydrogen-bond acceptors (Lipinski definition) is 6. The Morgan fingerprint density at radius 1 is 1.26 bits per heavy atom. The van der Waals surface area contributed by atoms with Gasteiger partial charge < -0.3 is 4.52 Å². The fraction of sp³-hybridized carbons (Fsp3) is 0.438. The van der Waals surface area contributed by atoms with Gasteiger partial charge in [-0.15, -0.1) is 0 Å². The van der Waals surface area contributed by atoms with Crippen LogP contribution < -0.4 is 16.6 Å². The van der Waals surface area contributed by atoms with E-state index in [-0.39, 0.29) is 34.3 Å². The van der Waals surface area contributed by atoms with Crippen molar-refractivity contribution in [2.45, 2.75) is 32.7 Å². The summed E-state index contributed by atoms with van der Waals surface area (Å²) in [6, 6.07) is 1.63. The summed E-state index contributed by atoms with van der Waals surface area (Å²) >= 11 is 6.10. The van der Waals surface area contributed by atoms with E-state index in [4.69, 9.17) is 16.1 Å². The van der Waals surface area contributed by atoms with Gasteiger partial charge in [-0.25, -0.2) is 4.79 Å². The van der Waals surface area contributed by atoms with Crippen LogP contribution in [-0.2, 0) is 30.8 Å². The Bertz CT molecular complexity index is 1160. The quantitative estimate of drug-likeness (QED) is 0.662. The monoisotopic (exact) mass is 394 g/mol. The Morgan fingerprint density at radius 2 is 1.93 bits per heavy atom. The van der Waals surface area contributed by atoms with Crippen molar-refractivity contribution in [2.24, 2.45) is 14.1 Å². The van der Waals surface area contributed by atoms with Crippen molar-refractivity contribution in [1.29, 1.82) is 0 Å². The number of fused-ring (bicyclic) bond motifs is 1. The molecule has 11 heteroatoms. The van der Waals surface area contributed by atoms with Crippen molar-refractivity contribution in [1.82, 2.24) is 23.8 Å². The number of aromatic nitrogens is 5. The molecule has 0 saturated carbocycles. The lowest BCUT2D eigenvalue weighted by molar-refractivity contribution is -0.116. The molecule has 0 aromatic carbocycles. The maximum Gasteiger partial charge on any atom is 0.332 e. The van der Waals surface area contributed by atoms with E-state index < -0.39 is 17.2 Å². The van der Waals surface area contributed by atoms with Crippen LogP contribution in [0.4, 0.5) is 5.88 Å². The summed E-state index contributed by atoms with van der Waals surface area (Å²) in [5.74, 6) is -0.297. The van der Waals surface area contributed by atoms with Gasteiger partial charge in [0.1, 0.15) is 6.54 Å². The number of anilines is 1. The molecule has 0 saturated heterocycles. The molecular weight excluding hydrogens is 376 g/mol. The second kappa shape index (κ2) is 6.38. The molecule has 0 fully saturated rings. The number of carbonyl (C=O) groups is 1. The smallest absolute Gasteiger partial charge is 0.332 e. The maximum atomic E-state index is 12.5. The molecule has 0 unspecified atom stereocenters. The Kier molecular flexibility index (Phi) is 4.46. The number of rotatable bonds is 3. The van der Waals surface area contributed by atoms with Crippen LogP contribution in [0.15, 0.2) is 20.2 Å². The number of imidazole rings is 1. The summed E-state index contributed by atoms with van der Waals surface area (Å²) < 4.78 is 8.50. The number of halogens is 1. The van der Waals surface area contributed by atoms with Crippen LogP contribution in [0.5, 0.6) is 0 Å². The van der Waals surface area contributed by atoms with Crippen molar-refractivity contribution >= 4 is 34.6 Å². The first kappa shape index (κ1) is 18.9. The first-order valence-corrected chi connectivity index (χ1v) is 8.47. The van der Waals surface area contributed by atoms with Crippen LogP contribution in [0.25, 0.3) is 11.2 Å². The Labute approximate surface area is 158 Å². The molecule has 3 heterocycles. The van der Waals surface area contributed by atoms with Gasteiger partial charge in [-0.05, 0) is 11.6 Å². The Hall–Kier alpha value is -2.88. The van der Waals surface area contributed by atoms with E-state index in [1.165, 1.54) is 23.2 Å². The third kappa shape index (κ3) is 3.27. The predicted molar refractivity (Wildman–Crippen MR) is 99.1 cm³/mol. The van der Waals surface area contributed by atoms with Crippen LogP contribution in [0.2, 0.25) is 5.28 Å². The van der Waals surface area contributed by atoms with Gasteiger partial charge in [-0.3, -0.25) is 28.6 Å². The number of aryl methyl sites for hydroxylation is 1. The summed E-state index contributed by atoms with van der Waals surface area (Å²) in [6.45, 7) is 5.62. The third-order valence-electron chi connectivity index (χ3n) is 4.14. The number of amides is 1. The van der Waals surface area contributed by atoms with Gasteiger partial charge in [0, 0.05) is 25.6 Å². The highest BCUT2D eigenvalue weighted by Crippen LogP contribution is 2.23. The highest BCUT2D eigenvalue weighted by Gasteiger charge is 2.22. The van der Waals surface area contributed by atoms with Crippen molar-refractivity contribution < 1.29 is 9.32 Å². The first-order chi connectivity index (χ1) is 12.5. The van der Waals surface area contributed by atoms with Crippen LogP contribution in [0, 0.1) is 0 Å². The minimum Gasteiger partial charge on any atom is -0.338 e. The third-order valence-corrected chi connectivity index (χ3v) is 4.43. The summed E-state index contributed by atoms with van der Waals surface area (Å²) in [4.78, 5) is 40.9. The van der Waals surface area contributed by atoms with Crippen LogP contribution in [0.1, 0.15) is 26.5 Å². The van der Waals surface area contributed by atoms with Gasteiger partial charge in [0.05, 0.1) is 5.69 Å². The Morgan fingerprint density at radius 3 is 2.52 bits per heavy atom. The molecule has 0 spiro atoms. The number of nitrogens with one attached hydrogen (secondary N) is 1. The summed E-state index contributed by atoms with van der Waals surface area (Å²) in [5.41, 5.74) is -0.492. The molecule has 0 aliphatic rings. The minimum absolute atomic E-state index is 0.0627. The van der Waals surface area contributed by atoms with E-state index in [2.05, 4.69) is 15.5 Å². The molecule has 27 heavy (non-hydrogen) atoms. The molecule has 0 atom stereocenters. The van der Waals surface area contributed by atoms with Gasteiger partial charge in [0.2, 0.25) is 17.1 Å². The molecule has 1 amide bonds. The fourth-order valence-electron chi connectivity index (χ4n) is 2.57. The average Bonchev–Trinajstić information content (AvgIpc) is 3.16. The van der Waals surface area contributed by atoms with E-state index in [1.807, 2.05) is 20.8 Å². The van der Waals surface area contributed by atoms with Gasteiger partial charge in [-0.2, -0.15) is 4.98 Å². The maximum absolute atomic E-state index is 12.5. The first-order valence-electron chi connectivity index (χ1n) is 8.09.